The Hall–Kier alpha value is -3.19. The summed E-state index contributed by atoms with van der Waals surface area (Å²) in [5, 5.41) is 14.1. The van der Waals surface area contributed by atoms with E-state index >= 15 is 4.79 Å². The summed E-state index contributed by atoms with van der Waals surface area (Å²) < 4.78 is 56.7. The smallest absolute Gasteiger partial charge is 0.462 e. The summed E-state index contributed by atoms with van der Waals surface area (Å²) in [5.41, 5.74) is 0. The molecule has 0 bridgehead atoms. The van der Waals surface area contributed by atoms with E-state index in [1.54, 1.807) is 4.90 Å². The van der Waals surface area contributed by atoms with Crippen LogP contribution in [0.15, 0.2) is 0 Å². The van der Waals surface area contributed by atoms with E-state index in [-0.39, 0.29) is 44.2 Å². The SMILES string of the molecule is CCCCCCCCCCCCCC(=O)OC(CCCCCCCCCCC)CC(=O)NC1C(OCC2CCCN2C(=O)CC(CCCCCCCCCCC)OC(=O)CCCCCCCCCCCCC)OC(CO)C(OP(=O)(O)O)C1OC(=O)CC(CCCCCCCCCCC)OC(=O)CCCCCCCCCCCCC. The molecule has 0 saturated carbocycles. The number of esters is 4. The van der Waals surface area contributed by atoms with Crippen LogP contribution in [0.25, 0.3) is 0 Å². The first-order valence-electron chi connectivity index (χ1n) is 49.0. The van der Waals surface area contributed by atoms with Crippen LogP contribution in [0, 0.1) is 0 Å². The number of hydrogen-bond donors (Lipinski definition) is 4. The zero-order valence-electron chi connectivity index (χ0n) is 75.0. The third-order valence-corrected chi connectivity index (χ3v) is 24.3. The number of nitrogens with zero attached hydrogens (tertiary/aromatic N) is 1. The Bertz CT molecular complexity index is 2360. The average molecular weight is 1650 g/mol. The van der Waals surface area contributed by atoms with Crippen LogP contribution >= 0.6 is 7.82 Å². The second-order valence-corrected chi connectivity index (χ2v) is 35.9. The lowest BCUT2D eigenvalue weighted by molar-refractivity contribution is -0.273. The molecule has 2 amide bonds. The number of phosphoric ester groups is 1. The molecular weight excluding hydrogens is 1470 g/mol. The van der Waals surface area contributed by atoms with Crippen molar-refractivity contribution < 1.29 is 81.2 Å². The Morgan fingerprint density at radius 2 is 0.687 bits per heavy atom. The zero-order valence-corrected chi connectivity index (χ0v) is 75.9. The molecule has 0 radical (unpaired) electrons. The molecule has 19 nitrogen and oxygen atoms in total. The number of nitrogens with one attached hydrogen (secondary N) is 1. The Kier molecular flexibility index (Phi) is 71.1. The molecule has 0 aromatic carbocycles. The number of unbranched alkanes of at least 4 members (excludes halogenated alkanes) is 54. The van der Waals surface area contributed by atoms with Gasteiger partial charge in [-0.05, 0) is 70.6 Å². The second-order valence-electron chi connectivity index (χ2n) is 34.7. The van der Waals surface area contributed by atoms with Crippen LogP contribution < -0.4 is 5.32 Å². The van der Waals surface area contributed by atoms with Gasteiger partial charge in [0.15, 0.2) is 12.4 Å². The predicted octanol–water partition coefficient (Wildman–Crippen LogP) is 25.4. The van der Waals surface area contributed by atoms with Crippen LogP contribution in [0.4, 0.5) is 0 Å². The van der Waals surface area contributed by atoms with E-state index in [0.29, 0.717) is 70.8 Å². The first-order valence-corrected chi connectivity index (χ1v) is 50.5. The molecule has 20 heteroatoms. The third kappa shape index (κ3) is 60.9. The predicted molar refractivity (Wildman–Crippen MR) is 467 cm³/mol. The fourth-order valence-corrected chi connectivity index (χ4v) is 17.2. The maximum atomic E-state index is 15.1. The van der Waals surface area contributed by atoms with E-state index in [4.69, 9.17) is 32.9 Å². The number of aliphatic hydroxyl groups excluding tert-OH is 1. The lowest BCUT2D eigenvalue weighted by atomic mass is 9.95. The van der Waals surface area contributed by atoms with Gasteiger partial charge in [0.05, 0.1) is 38.5 Å². The fraction of sp³-hybridized carbons (Fsp3) is 0.937. The van der Waals surface area contributed by atoms with Gasteiger partial charge in [-0.2, -0.15) is 0 Å². The van der Waals surface area contributed by atoms with Crippen LogP contribution in [-0.4, -0.2) is 130 Å². The first-order chi connectivity index (χ1) is 56.0. The van der Waals surface area contributed by atoms with Gasteiger partial charge in [0.1, 0.15) is 36.6 Å². The van der Waals surface area contributed by atoms with Crippen LogP contribution in [0.1, 0.15) is 497 Å². The summed E-state index contributed by atoms with van der Waals surface area (Å²) in [5.74, 6) is -2.89. The van der Waals surface area contributed by atoms with Crippen LogP contribution in [-0.2, 0) is 66.3 Å². The molecule has 2 aliphatic heterocycles. The highest BCUT2D eigenvalue weighted by Crippen LogP contribution is 2.43. The lowest BCUT2D eigenvalue weighted by Crippen LogP contribution is -2.66. The molecule has 0 aliphatic carbocycles. The summed E-state index contributed by atoms with van der Waals surface area (Å²) >= 11 is 0. The summed E-state index contributed by atoms with van der Waals surface area (Å²) in [6.45, 7) is 12.7. The Balaban J connectivity index is 2.60. The molecule has 4 N–H and O–H groups in total. The number of aliphatic hydroxyl groups is 1. The standard InChI is InChI=1S/C95H179N2O17P/c1-7-13-19-25-31-37-40-46-52-58-64-72-88(101)109-82(69-61-55-49-43-34-28-22-16-10-4)76-86(99)96-92-94(113-91(104)78-84(71-63-57-51-45-36-30-24-18-12-6)111-90(103)74-66-60-54-48-42-39-33-27-21-15-9-3)93(114-115(105,106)107)85(79-98)112-95(92)108-80-81-68-67-75-97(81)87(100)77-83(70-62-56-50-44-35-29-23-17-11-5)110-89(102)73-65-59-53-47-41-38-32-26-20-14-8-2/h81-85,92-95,98H,7-80H2,1-6H3,(H,96,99)(H2,105,106,107). The Labute approximate surface area is 703 Å². The zero-order chi connectivity index (χ0) is 83.7. The molecule has 2 saturated heterocycles. The van der Waals surface area contributed by atoms with Gasteiger partial charge >= 0.3 is 31.7 Å². The topological polar surface area (TPSA) is 260 Å². The Morgan fingerprint density at radius 3 is 1.00 bits per heavy atom. The number of likely N-dealkylation sites (tertiary alicyclic amines) is 1. The highest BCUT2D eigenvalue weighted by atomic mass is 31.2. The van der Waals surface area contributed by atoms with Gasteiger partial charge in [-0.15, -0.1) is 0 Å². The van der Waals surface area contributed by atoms with E-state index in [1.807, 2.05) is 0 Å². The van der Waals surface area contributed by atoms with Gasteiger partial charge < -0.3 is 53.5 Å². The minimum Gasteiger partial charge on any atom is -0.462 e. The number of ether oxygens (including phenoxy) is 6. The molecule has 115 heavy (non-hydrogen) atoms. The van der Waals surface area contributed by atoms with Crippen LogP contribution in [0.2, 0.25) is 0 Å². The molecule has 0 aromatic heterocycles. The van der Waals surface area contributed by atoms with Crippen LogP contribution in [0.5, 0.6) is 0 Å². The molecule has 2 fully saturated rings. The number of phosphoric acid groups is 1. The second kappa shape index (κ2) is 75.8. The monoisotopic (exact) mass is 1650 g/mol. The van der Waals surface area contributed by atoms with Gasteiger partial charge in [-0.25, -0.2) is 4.57 Å². The molecule has 2 heterocycles. The fourth-order valence-electron chi connectivity index (χ4n) is 16.7. The van der Waals surface area contributed by atoms with Gasteiger partial charge in [-0.3, -0.25) is 33.3 Å². The first kappa shape index (κ1) is 108. The van der Waals surface area contributed by atoms with Crippen molar-refractivity contribution in [1.82, 2.24) is 10.2 Å². The van der Waals surface area contributed by atoms with Crippen molar-refractivity contribution in [3.63, 3.8) is 0 Å². The van der Waals surface area contributed by atoms with E-state index in [1.165, 1.54) is 218 Å². The van der Waals surface area contributed by atoms with Crippen molar-refractivity contribution in [2.45, 2.75) is 552 Å². The minimum absolute atomic E-state index is 0.0129. The Morgan fingerprint density at radius 1 is 0.391 bits per heavy atom. The lowest BCUT2D eigenvalue weighted by Gasteiger charge is -2.45. The van der Waals surface area contributed by atoms with E-state index < -0.39 is 99.7 Å². The van der Waals surface area contributed by atoms with Crippen molar-refractivity contribution in [2.24, 2.45) is 0 Å². The molecule has 0 spiro atoms. The molecular formula is C95H179N2O17P. The van der Waals surface area contributed by atoms with E-state index in [0.717, 1.165) is 141 Å². The van der Waals surface area contributed by atoms with Crippen LogP contribution in [0.3, 0.4) is 0 Å². The number of carbonyl (C=O) groups is 6. The van der Waals surface area contributed by atoms with Gasteiger partial charge in [0.2, 0.25) is 11.8 Å². The molecule has 2 rings (SSSR count). The molecule has 9 unspecified atom stereocenters. The highest BCUT2D eigenvalue weighted by molar-refractivity contribution is 7.46. The molecule has 9 atom stereocenters. The summed E-state index contributed by atoms with van der Waals surface area (Å²) in [6, 6.07) is -2.10. The summed E-state index contributed by atoms with van der Waals surface area (Å²) in [6.07, 6.45) is 59.7. The van der Waals surface area contributed by atoms with Gasteiger partial charge in [0.25, 0.3) is 0 Å². The maximum Gasteiger partial charge on any atom is 0.470 e. The van der Waals surface area contributed by atoms with Gasteiger partial charge in [-0.1, -0.05) is 388 Å². The molecule has 0 aromatic rings. The maximum absolute atomic E-state index is 15.1. The normalized spacial score (nSPS) is 17.9. The van der Waals surface area contributed by atoms with Gasteiger partial charge in [0, 0.05) is 25.8 Å². The third-order valence-electron chi connectivity index (χ3n) is 23.8. The van der Waals surface area contributed by atoms with E-state index in [9.17, 15) is 43.4 Å². The quantitative estimate of drug-likeness (QED) is 0.0191. The van der Waals surface area contributed by atoms with E-state index in [2.05, 4.69) is 46.9 Å². The number of rotatable bonds is 83. The average Bonchev–Trinajstić information content (AvgIpc) is 1.14. The number of carbonyl (C=O) groups excluding carboxylic acids is 6. The summed E-state index contributed by atoms with van der Waals surface area (Å²) in [7, 11) is -5.49. The van der Waals surface area contributed by atoms with Crippen molar-refractivity contribution in [3.05, 3.63) is 0 Å². The largest absolute Gasteiger partial charge is 0.470 e. The number of amides is 2. The van der Waals surface area contributed by atoms with Crippen molar-refractivity contribution in [1.29, 1.82) is 0 Å². The minimum atomic E-state index is -5.49. The number of hydrogen-bond acceptors (Lipinski definition) is 15. The highest BCUT2D eigenvalue weighted by Gasteiger charge is 2.53. The van der Waals surface area contributed by atoms with Crippen molar-refractivity contribution in [2.75, 3.05) is 19.8 Å². The molecule has 676 valence electrons. The van der Waals surface area contributed by atoms with Crippen molar-refractivity contribution in [3.8, 4) is 0 Å². The summed E-state index contributed by atoms with van der Waals surface area (Å²) in [4.78, 5) is 109. The van der Waals surface area contributed by atoms with Crippen molar-refractivity contribution >= 4 is 43.5 Å². The molecule has 2 aliphatic rings.